The van der Waals surface area contributed by atoms with E-state index in [0.717, 1.165) is 18.1 Å². The second-order valence-electron chi connectivity index (χ2n) is 4.84. The number of hydrogen-bond acceptors (Lipinski definition) is 3. The predicted octanol–water partition coefficient (Wildman–Crippen LogP) is 4.11. The molecule has 0 bridgehead atoms. The lowest BCUT2D eigenvalue weighted by Gasteiger charge is -2.14. The van der Waals surface area contributed by atoms with Crippen LogP contribution < -0.4 is 5.32 Å². The maximum Gasteiger partial charge on any atom is 0.168 e. The van der Waals surface area contributed by atoms with E-state index in [1.54, 1.807) is 6.07 Å². The van der Waals surface area contributed by atoms with E-state index in [4.69, 9.17) is 0 Å². The Labute approximate surface area is 123 Å². The molecule has 21 heavy (non-hydrogen) atoms. The summed E-state index contributed by atoms with van der Waals surface area (Å²) in [5.74, 6) is -0.427. The van der Waals surface area contributed by atoms with Crippen LogP contribution >= 0.6 is 0 Å². The standard InChI is InChI=1S/C16H19F2N3/c1-4-7-13-20-15(10(3)16(21-13)19-5-2)11-8-6-9-12(17)14(11)18/h6,8-9H,4-5,7H2,1-3H3,(H,19,20,21). The number of halogens is 2. The van der Waals surface area contributed by atoms with Gasteiger partial charge < -0.3 is 5.32 Å². The van der Waals surface area contributed by atoms with E-state index in [1.807, 2.05) is 20.8 Å². The number of nitrogens with zero attached hydrogens (tertiary/aromatic N) is 2. The fraction of sp³-hybridized carbons (Fsp3) is 0.375. The average Bonchev–Trinajstić information content (AvgIpc) is 2.46. The molecule has 0 saturated carbocycles. The molecule has 0 aliphatic rings. The highest BCUT2D eigenvalue weighted by atomic mass is 19.2. The Morgan fingerprint density at radius 3 is 2.57 bits per heavy atom. The van der Waals surface area contributed by atoms with E-state index in [1.165, 1.54) is 6.07 Å². The topological polar surface area (TPSA) is 37.8 Å². The molecule has 2 rings (SSSR count). The summed E-state index contributed by atoms with van der Waals surface area (Å²) in [4.78, 5) is 8.87. The first-order valence-corrected chi connectivity index (χ1v) is 7.14. The van der Waals surface area contributed by atoms with Crippen molar-refractivity contribution in [1.82, 2.24) is 9.97 Å². The molecule has 0 aliphatic carbocycles. The number of aryl methyl sites for hydroxylation is 1. The van der Waals surface area contributed by atoms with E-state index in [-0.39, 0.29) is 5.56 Å². The fourth-order valence-corrected chi connectivity index (χ4v) is 2.19. The second-order valence-corrected chi connectivity index (χ2v) is 4.84. The molecular weight excluding hydrogens is 272 g/mol. The van der Waals surface area contributed by atoms with Gasteiger partial charge >= 0.3 is 0 Å². The van der Waals surface area contributed by atoms with Gasteiger partial charge in [0.25, 0.3) is 0 Å². The van der Waals surface area contributed by atoms with Gasteiger partial charge in [0.05, 0.1) is 5.69 Å². The molecule has 1 N–H and O–H groups in total. The summed E-state index contributed by atoms with van der Waals surface area (Å²) < 4.78 is 27.5. The maximum atomic E-state index is 14.0. The number of aromatic nitrogens is 2. The van der Waals surface area contributed by atoms with Crippen molar-refractivity contribution in [2.45, 2.75) is 33.6 Å². The van der Waals surface area contributed by atoms with E-state index >= 15 is 0 Å². The van der Waals surface area contributed by atoms with Gasteiger partial charge in [-0.1, -0.05) is 13.0 Å². The highest BCUT2D eigenvalue weighted by Gasteiger charge is 2.17. The van der Waals surface area contributed by atoms with Gasteiger partial charge in [0.1, 0.15) is 11.6 Å². The molecule has 0 radical (unpaired) electrons. The molecule has 1 aromatic carbocycles. The second kappa shape index (κ2) is 6.61. The molecule has 0 fully saturated rings. The molecule has 0 spiro atoms. The fourth-order valence-electron chi connectivity index (χ4n) is 2.19. The number of benzene rings is 1. The normalized spacial score (nSPS) is 10.7. The molecule has 112 valence electrons. The Hall–Kier alpha value is -2.04. The molecule has 0 unspecified atom stereocenters. The van der Waals surface area contributed by atoms with Gasteiger partial charge in [-0.3, -0.25) is 0 Å². The lowest BCUT2D eigenvalue weighted by Crippen LogP contribution is -2.08. The van der Waals surface area contributed by atoms with Crippen LogP contribution in [0.4, 0.5) is 14.6 Å². The largest absolute Gasteiger partial charge is 0.370 e. The third kappa shape index (κ3) is 3.17. The summed E-state index contributed by atoms with van der Waals surface area (Å²) in [6.45, 7) is 6.50. The van der Waals surface area contributed by atoms with Gasteiger partial charge in [0, 0.05) is 24.1 Å². The number of anilines is 1. The van der Waals surface area contributed by atoms with Crippen molar-refractivity contribution in [3.8, 4) is 11.3 Å². The van der Waals surface area contributed by atoms with Crippen LogP contribution in [0.3, 0.4) is 0 Å². The van der Waals surface area contributed by atoms with Crippen LogP contribution in [0.2, 0.25) is 0 Å². The zero-order chi connectivity index (χ0) is 15.4. The number of hydrogen-bond donors (Lipinski definition) is 1. The molecule has 1 aromatic heterocycles. The van der Waals surface area contributed by atoms with Gasteiger partial charge in [-0.25, -0.2) is 18.7 Å². The zero-order valence-corrected chi connectivity index (χ0v) is 12.5. The Morgan fingerprint density at radius 1 is 1.14 bits per heavy atom. The van der Waals surface area contributed by atoms with E-state index < -0.39 is 11.6 Å². The minimum absolute atomic E-state index is 0.173. The lowest BCUT2D eigenvalue weighted by atomic mass is 10.1. The van der Waals surface area contributed by atoms with Crippen LogP contribution in [0.25, 0.3) is 11.3 Å². The minimum Gasteiger partial charge on any atom is -0.370 e. The molecule has 0 saturated heterocycles. The minimum atomic E-state index is -0.871. The Kier molecular flexibility index (Phi) is 4.83. The molecule has 0 amide bonds. The summed E-state index contributed by atoms with van der Waals surface area (Å²) in [7, 11) is 0. The molecule has 2 aromatic rings. The monoisotopic (exact) mass is 291 g/mol. The highest BCUT2D eigenvalue weighted by molar-refractivity contribution is 5.68. The maximum absolute atomic E-state index is 14.0. The van der Waals surface area contributed by atoms with Crippen LogP contribution in [0, 0.1) is 18.6 Å². The average molecular weight is 291 g/mol. The molecular formula is C16H19F2N3. The van der Waals surface area contributed by atoms with Gasteiger partial charge in [-0.05, 0) is 32.4 Å². The predicted molar refractivity (Wildman–Crippen MR) is 80.3 cm³/mol. The first-order valence-electron chi connectivity index (χ1n) is 7.14. The number of nitrogens with one attached hydrogen (secondary N) is 1. The molecule has 0 atom stereocenters. The van der Waals surface area contributed by atoms with Crippen molar-refractivity contribution in [3.05, 3.63) is 41.2 Å². The van der Waals surface area contributed by atoms with Gasteiger partial charge in [-0.2, -0.15) is 0 Å². The van der Waals surface area contributed by atoms with Crippen LogP contribution in [-0.4, -0.2) is 16.5 Å². The third-order valence-electron chi connectivity index (χ3n) is 3.22. The summed E-state index contributed by atoms with van der Waals surface area (Å²) in [5.41, 5.74) is 1.34. The van der Waals surface area contributed by atoms with Crippen molar-refractivity contribution in [1.29, 1.82) is 0 Å². The van der Waals surface area contributed by atoms with Crippen LogP contribution in [0.15, 0.2) is 18.2 Å². The number of rotatable bonds is 5. The highest BCUT2D eigenvalue weighted by Crippen LogP contribution is 2.29. The SMILES string of the molecule is CCCc1nc(NCC)c(C)c(-c2cccc(F)c2F)n1. The summed E-state index contributed by atoms with van der Waals surface area (Å²) >= 11 is 0. The Morgan fingerprint density at radius 2 is 1.90 bits per heavy atom. The molecule has 3 nitrogen and oxygen atoms in total. The zero-order valence-electron chi connectivity index (χ0n) is 12.5. The van der Waals surface area contributed by atoms with Gasteiger partial charge in [0.2, 0.25) is 0 Å². The lowest BCUT2D eigenvalue weighted by molar-refractivity contribution is 0.511. The Balaban J connectivity index is 2.63. The van der Waals surface area contributed by atoms with E-state index in [0.29, 0.717) is 30.3 Å². The van der Waals surface area contributed by atoms with Crippen molar-refractivity contribution in [2.75, 3.05) is 11.9 Å². The quantitative estimate of drug-likeness (QED) is 0.900. The van der Waals surface area contributed by atoms with Crippen LogP contribution in [0.5, 0.6) is 0 Å². The first kappa shape index (κ1) is 15.4. The Bertz CT molecular complexity index is 642. The van der Waals surface area contributed by atoms with Crippen molar-refractivity contribution in [3.63, 3.8) is 0 Å². The van der Waals surface area contributed by atoms with Crippen LogP contribution in [0.1, 0.15) is 31.7 Å². The van der Waals surface area contributed by atoms with Crippen molar-refractivity contribution in [2.24, 2.45) is 0 Å². The molecule has 0 aliphatic heterocycles. The molecule has 5 heteroatoms. The van der Waals surface area contributed by atoms with Gasteiger partial charge in [-0.15, -0.1) is 0 Å². The summed E-state index contributed by atoms with van der Waals surface area (Å²) in [5, 5.41) is 3.15. The third-order valence-corrected chi connectivity index (χ3v) is 3.22. The smallest absolute Gasteiger partial charge is 0.168 e. The van der Waals surface area contributed by atoms with E-state index in [9.17, 15) is 8.78 Å². The van der Waals surface area contributed by atoms with Crippen LogP contribution in [-0.2, 0) is 6.42 Å². The van der Waals surface area contributed by atoms with Crippen molar-refractivity contribution >= 4 is 5.82 Å². The molecule has 1 heterocycles. The van der Waals surface area contributed by atoms with Crippen molar-refractivity contribution < 1.29 is 8.78 Å². The first-order chi connectivity index (χ1) is 10.1. The van der Waals surface area contributed by atoms with Gasteiger partial charge in [0.15, 0.2) is 11.6 Å². The summed E-state index contributed by atoms with van der Waals surface area (Å²) in [6, 6.07) is 4.13. The summed E-state index contributed by atoms with van der Waals surface area (Å²) in [6.07, 6.45) is 1.59. The van der Waals surface area contributed by atoms with E-state index in [2.05, 4.69) is 15.3 Å².